The summed E-state index contributed by atoms with van der Waals surface area (Å²) in [6.45, 7) is 4.33. The molecule has 0 bridgehead atoms. The molecule has 4 rings (SSSR count). The number of pyridine rings is 1. The summed E-state index contributed by atoms with van der Waals surface area (Å²) < 4.78 is 38.3. The first-order valence-corrected chi connectivity index (χ1v) is 9.88. The van der Waals surface area contributed by atoms with Crippen LogP contribution in [0.15, 0.2) is 30.7 Å². The molecule has 1 aliphatic heterocycles. The van der Waals surface area contributed by atoms with Gasteiger partial charge in [-0.2, -0.15) is 23.4 Å². The summed E-state index contributed by atoms with van der Waals surface area (Å²) in [5.41, 5.74) is 6.23. The van der Waals surface area contributed by atoms with Gasteiger partial charge in [-0.3, -0.25) is 19.9 Å². The van der Waals surface area contributed by atoms with Crippen LogP contribution in [0.2, 0.25) is 0 Å². The number of nitrogens with zero attached hydrogens (tertiary/aromatic N) is 5. The molecule has 0 saturated carbocycles. The van der Waals surface area contributed by atoms with Gasteiger partial charge in [0.2, 0.25) is 0 Å². The highest BCUT2D eigenvalue weighted by molar-refractivity contribution is 6.04. The van der Waals surface area contributed by atoms with E-state index in [4.69, 9.17) is 5.73 Å². The van der Waals surface area contributed by atoms with Crippen molar-refractivity contribution in [1.82, 2.24) is 30.3 Å². The second-order valence-electron chi connectivity index (χ2n) is 7.58. The number of alkyl halides is 3. The number of aromatic amines is 2. The number of halogens is 3. The Bertz CT molecular complexity index is 1080. The molecule has 3 aromatic heterocycles. The molecular weight excluding hydrogens is 427 g/mol. The van der Waals surface area contributed by atoms with Crippen LogP contribution in [-0.2, 0) is 12.7 Å². The predicted molar refractivity (Wildman–Crippen MR) is 111 cm³/mol. The van der Waals surface area contributed by atoms with E-state index in [0.717, 1.165) is 12.3 Å². The van der Waals surface area contributed by atoms with Crippen LogP contribution in [-0.4, -0.2) is 61.9 Å². The minimum atomic E-state index is -4.41. The molecule has 32 heavy (non-hydrogen) atoms. The number of nitrogen functional groups attached to an aromatic ring is 1. The summed E-state index contributed by atoms with van der Waals surface area (Å²) in [7, 11) is 0. The van der Waals surface area contributed by atoms with E-state index in [9.17, 15) is 18.0 Å². The van der Waals surface area contributed by atoms with Crippen LogP contribution in [0, 0.1) is 0 Å². The van der Waals surface area contributed by atoms with Gasteiger partial charge in [-0.15, -0.1) is 0 Å². The summed E-state index contributed by atoms with van der Waals surface area (Å²) in [6, 6.07) is 2.46. The number of nitrogens with two attached hydrogens (primary N) is 1. The smallest absolute Gasteiger partial charge is 0.394 e. The van der Waals surface area contributed by atoms with Crippen molar-refractivity contribution in [1.29, 1.82) is 0 Å². The third kappa shape index (κ3) is 4.51. The molecule has 0 aromatic carbocycles. The van der Waals surface area contributed by atoms with Gasteiger partial charge >= 0.3 is 6.18 Å². The number of piperazine rings is 1. The summed E-state index contributed by atoms with van der Waals surface area (Å²) in [5.74, 6) is 0.307. The van der Waals surface area contributed by atoms with Crippen molar-refractivity contribution in [2.24, 2.45) is 0 Å². The number of anilines is 3. The van der Waals surface area contributed by atoms with Gasteiger partial charge in [-0.25, -0.2) is 4.98 Å². The third-order valence-corrected chi connectivity index (χ3v) is 5.31. The van der Waals surface area contributed by atoms with E-state index in [0.29, 0.717) is 43.2 Å². The minimum absolute atomic E-state index is 0.0148. The Kier molecular flexibility index (Phi) is 5.74. The fourth-order valence-electron chi connectivity index (χ4n) is 3.68. The van der Waals surface area contributed by atoms with E-state index in [1.54, 1.807) is 6.20 Å². The monoisotopic (exact) mass is 449 g/mol. The van der Waals surface area contributed by atoms with Crippen LogP contribution in [0.1, 0.15) is 28.5 Å². The second kappa shape index (κ2) is 8.49. The second-order valence-corrected chi connectivity index (χ2v) is 7.58. The van der Waals surface area contributed by atoms with Crippen molar-refractivity contribution in [3.05, 3.63) is 47.5 Å². The number of rotatable bonds is 5. The molecule has 10 nitrogen and oxygen atoms in total. The quantitative estimate of drug-likeness (QED) is 0.469. The van der Waals surface area contributed by atoms with Crippen LogP contribution in [0.4, 0.5) is 30.5 Å². The lowest BCUT2D eigenvalue weighted by Gasteiger charge is -2.40. The van der Waals surface area contributed by atoms with Crippen molar-refractivity contribution >= 4 is 23.2 Å². The van der Waals surface area contributed by atoms with E-state index in [2.05, 4.69) is 35.6 Å². The summed E-state index contributed by atoms with van der Waals surface area (Å²) in [6.07, 6.45) is -0.422. The van der Waals surface area contributed by atoms with E-state index in [1.165, 1.54) is 12.3 Å². The number of H-pyrrole nitrogens is 2. The topological polar surface area (TPSA) is 132 Å². The number of nitrogens with one attached hydrogen (secondary N) is 3. The largest absolute Gasteiger partial charge is 0.417 e. The standard InChI is InChI=1S/C19H22F3N9O/c1-11-9-30(4-5-31(11)15-3-2-13(7-24-15)19(20,21)22)10-12-6-25-28-16(12)18(32)27-17-14(23)8-26-29-17/h2-3,6-8,11H,4-5,9-10,23H2,1H3,(H,25,28)(H2,26,27,29,32)/t11-/m1/s1. The van der Waals surface area contributed by atoms with Crippen molar-refractivity contribution in [2.45, 2.75) is 25.7 Å². The summed E-state index contributed by atoms with van der Waals surface area (Å²) >= 11 is 0. The van der Waals surface area contributed by atoms with Gasteiger partial charge in [-0.05, 0) is 19.1 Å². The molecule has 4 heterocycles. The molecule has 3 aromatic rings. The molecule has 1 fully saturated rings. The normalized spacial score (nSPS) is 17.5. The Morgan fingerprint density at radius 3 is 2.66 bits per heavy atom. The maximum atomic E-state index is 12.8. The van der Waals surface area contributed by atoms with Crippen molar-refractivity contribution < 1.29 is 18.0 Å². The van der Waals surface area contributed by atoms with Crippen molar-refractivity contribution in [3.8, 4) is 0 Å². The lowest BCUT2D eigenvalue weighted by molar-refractivity contribution is -0.137. The molecule has 0 unspecified atom stereocenters. The number of carbonyl (C=O) groups excluding carboxylic acids is 1. The Labute approximate surface area is 181 Å². The van der Waals surface area contributed by atoms with Gasteiger partial charge in [0.1, 0.15) is 5.82 Å². The molecule has 0 radical (unpaired) electrons. The number of carbonyl (C=O) groups is 1. The molecule has 170 valence electrons. The maximum absolute atomic E-state index is 12.8. The van der Waals surface area contributed by atoms with Gasteiger partial charge in [0.05, 0.1) is 11.3 Å². The number of aromatic nitrogens is 5. The lowest BCUT2D eigenvalue weighted by Crippen LogP contribution is -2.52. The Morgan fingerprint density at radius 1 is 1.25 bits per heavy atom. The van der Waals surface area contributed by atoms with E-state index >= 15 is 0 Å². The molecule has 1 amide bonds. The van der Waals surface area contributed by atoms with Gasteiger partial charge in [-0.1, -0.05) is 0 Å². The molecule has 1 saturated heterocycles. The van der Waals surface area contributed by atoms with E-state index < -0.39 is 17.6 Å². The number of hydrogen-bond donors (Lipinski definition) is 4. The number of amides is 1. The highest BCUT2D eigenvalue weighted by Crippen LogP contribution is 2.30. The van der Waals surface area contributed by atoms with Crippen LogP contribution < -0.4 is 16.0 Å². The Balaban J connectivity index is 1.38. The highest BCUT2D eigenvalue weighted by Gasteiger charge is 2.32. The maximum Gasteiger partial charge on any atom is 0.417 e. The Morgan fingerprint density at radius 2 is 2.03 bits per heavy atom. The zero-order valence-electron chi connectivity index (χ0n) is 17.1. The van der Waals surface area contributed by atoms with Crippen LogP contribution in [0.5, 0.6) is 0 Å². The van der Waals surface area contributed by atoms with Gasteiger partial charge < -0.3 is 16.0 Å². The summed E-state index contributed by atoms with van der Waals surface area (Å²) in [4.78, 5) is 20.7. The predicted octanol–water partition coefficient (Wildman–Crippen LogP) is 2.09. The van der Waals surface area contributed by atoms with Gasteiger partial charge in [0, 0.05) is 56.4 Å². The average Bonchev–Trinajstić information content (AvgIpc) is 3.37. The van der Waals surface area contributed by atoms with Crippen LogP contribution in [0.3, 0.4) is 0 Å². The molecular formula is C19H22F3N9O. The molecule has 1 aliphatic rings. The van der Waals surface area contributed by atoms with Crippen molar-refractivity contribution in [2.75, 3.05) is 35.6 Å². The minimum Gasteiger partial charge on any atom is -0.394 e. The zero-order valence-corrected chi connectivity index (χ0v) is 17.1. The summed E-state index contributed by atoms with van der Waals surface area (Å²) in [5, 5.41) is 15.8. The first-order chi connectivity index (χ1) is 15.2. The number of hydrogen-bond acceptors (Lipinski definition) is 7. The molecule has 0 aliphatic carbocycles. The molecule has 13 heteroatoms. The first-order valence-electron chi connectivity index (χ1n) is 9.88. The first kappa shape index (κ1) is 21.6. The molecule has 0 spiro atoms. The Hall–Kier alpha value is -3.61. The van der Waals surface area contributed by atoms with Crippen molar-refractivity contribution in [3.63, 3.8) is 0 Å². The highest BCUT2D eigenvalue weighted by atomic mass is 19.4. The molecule has 5 N–H and O–H groups in total. The molecule has 1 atom stereocenters. The van der Waals surface area contributed by atoms with E-state index in [-0.39, 0.29) is 17.6 Å². The SMILES string of the molecule is C[C@@H]1CN(Cc2c[nH]nc2C(=O)Nc2n[nH]cc2N)CCN1c1ccc(C(F)(F)F)cn1. The van der Waals surface area contributed by atoms with Crippen LogP contribution >= 0.6 is 0 Å². The van der Waals surface area contributed by atoms with Gasteiger partial charge in [0.25, 0.3) is 5.91 Å². The van der Waals surface area contributed by atoms with Gasteiger partial charge in [0.15, 0.2) is 11.5 Å². The fourth-order valence-corrected chi connectivity index (χ4v) is 3.68. The zero-order chi connectivity index (χ0) is 22.9. The third-order valence-electron chi connectivity index (χ3n) is 5.31. The average molecular weight is 449 g/mol. The fraction of sp³-hybridized carbons (Fsp3) is 0.368. The van der Waals surface area contributed by atoms with E-state index in [1.807, 2.05) is 11.8 Å². The lowest BCUT2D eigenvalue weighted by atomic mass is 10.1. The van der Waals surface area contributed by atoms with Crippen LogP contribution in [0.25, 0.3) is 0 Å².